The Morgan fingerprint density at radius 2 is 1.48 bits per heavy atom. The second-order valence-corrected chi connectivity index (χ2v) is 7.77. The van der Waals surface area contributed by atoms with E-state index in [0.29, 0.717) is 24.0 Å². The molecule has 0 N–H and O–H groups in total. The summed E-state index contributed by atoms with van der Waals surface area (Å²) < 4.78 is 64.6. The van der Waals surface area contributed by atoms with Gasteiger partial charge in [0.25, 0.3) is 0 Å². The van der Waals surface area contributed by atoms with Crippen molar-refractivity contribution in [2.45, 2.75) is 77.3 Å². The topological polar surface area (TPSA) is 0 Å². The summed E-state index contributed by atoms with van der Waals surface area (Å²) in [7, 11) is 0. The largest absolute Gasteiger partial charge is 0.409 e. The molecule has 0 aromatic heterocycles. The SMILES string of the molecule is CCCCCC1CCC(CCc2cc(F)c(/C=C/C(F)(F)F)c(F)c2)CC1. The van der Waals surface area contributed by atoms with E-state index in [1.54, 1.807) is 0 Å². The molecule has 1 aliphatic rings. The Hall–Kier alpha value is -1.39. The van der Waals surface area contributed by atoms with Gasteiger partial charge >= 0.3 is 6.18 Å². The summed E-state index contributed by atoms with van der Waals surface area (Å²) in [6.45, 7) is 2.21. The van der Waals surface area contributed by atoms with Gasteiger partial charge in [-0.25, -0.2) is 8.78 Å². The molecule has 0 bridgehead atoms. The van der Waals surface area contributed by atoms with Gasteiger partial charge in [0.15, 0.2) is 0 Å². The number of unbranched alkanes of at least 4 members (excludes halogenated alkanes) is 2. The van der Waals surface area contributed by atoms with Crippen molar-refractivity contribution in [2.75, 3.05) is 0 Å². The van der Waals surface area contributed by atoms with Gasteiger partial charge in [0, 0.05) is 11.6 Å². The number of halogens is 5. The minimum absolute atomic E-state index is 0.146. The van der Waals surface area contributed by atoms with Gasteiger partial charge in [0.2, 0.25) is 0 Å². The average Bonchev–Trinajstić information content (AvgIpc) is 2.59. The van der Waals surface area contributed by atoms with E-state index in [1.807, 2.05) is 0 Å². The molecule has 1 fully saturated rings. The maximum atomic E-state index is 14.0. The van der Waals surface area contributed by atoms with Gasteiger partial charge in [-0.3, -0.25) is 0 Å². The summed E-state index contributed by atoms with van der Waals surface area (Å²) in [4.78, 5) is 0. The number of hydrogen-bond acceptors (Lipinski definition) is 0. The molecule has 152 valence electrons. The van der Waals surface area contributed by atoms with Crippen LogP contribution in [0.1, 0.15) is 75.8 Å². The predicted octanol–water partition coefficient (Wildman–Crippen LogP) is 7.86. The second-order valence-electron chi connectivity index (χ2n) is 7.77. The van der Waals surface area contributed by atoms with Crippen LogP contribution >= 0.6 is 0 Å². The number of hydrogen-bond donors (Lipinski definition) is 0. The molecule has 1 aliphatic carbocycles. The fourth-order valence-corrected chi connectivity index (χ4v) is 3.98. The molecule has 0 saturated heterocycles. The third-order valence-electron chi connectivity index (χ3n) is 5.60. The van der Waals surface area contributed by atoms with Crippen LogP contribution in [0, 0.1) is 23.5 Å². The van der Waals surface area contributed by atoms with Crippen molar-refractivity contribution in [3.05, 3.63) is 41.0 Å². The molecule has 0 atom stereocenters. The van der Waals surface area contributed by atoms with Crippen molar-refractivity contribution in [1.82, 2.24) is 0 Å². The molecular weight excluding hydrogens is 359 g/mol. The lowest BCUT2D eigenvalue weighted by Gasteiger charge is -2.28. The number of allylic oxidation sites excluding steroid dienone is 1. The second kappa shape index (κ2) is 10.2. The van der Waals surface area contributed by atoms with Gasteiger partial charge in [0.05, 0.1) is 0 Å². The van der Waals surface area contributed by atoms with E-state index in [9.17, 15) is 22.0 Å². The van der Waals surface area contributed by atoms with Crippen molar-refractivity contribution < 1.29 is 22.0 Å². The number of rotatable bonds is 8. The highest BCUT2D eigenvalue weighted by atomic mass is 19.4. The quantitative estimate of drug-likeness (QED) is 0.314. The number of aryl methyl sites for hydroxylation is 1. The number of benzene rings is 1. The summed E-state index contributed by atoms with van der Waals surface area (Å²) in [5.74, 6) is -0.485. The Bertz CT molecular complexity index is 587. The van der Waals surface area contributed by atoms with Crippen LogP contribution in [0.15, 0.2) is 18.2 Å². The van der Waals surface area contributed by atoms with Crippen LogP contribution in [0.2, 0.25) is 0 Å². The van der Waals surface area contributed by atoms with Crippen molar-refractivity contribution in [3.8, 4) is 0 Å². The van der Waals surface area contributed by atoms with Crippen molar-refractivity contribution in [2.24, 2.45) is 11.8 Å². The lowest BCUT2D eigenvalue weighted by atomic mass is 9.78. The summed E-state index contributed by atoms with van der Waals surface area (Å²) in [6, 6.07) is 2.32. The zero-order valence-electron chi connectivity index (χ0n) is 15.9. The fourth-order valence-electron chi connectivity index (χ4n) is 3.98. The standard InChI is InChI=1S/C22H29F5/c1-2-3-4-5-16-6-8-17(9-7-16)10-11-18-14-20(23)19(21(24)15-18)12-13-22(25,26)27/h12-17H,2-11H2,1H3/b13-12+. The van der Waals surface area contributed by atoms with E-state index in [2.05, 4.69) is 6.92 Å². The van der Waals surface area contributed by atoms with Gasteiger partial charge in [-0.05, 0) is 48.4 Å². The summed E-state index contributed by atoms with van der Waals surface area (Å²) in [5.41, 5.74) is -0.122. The van der Waals surface area contributed by atoms with Crippen molar-refractivity contribution in [1.29, 1.82) is 0 Å². The third-order valence-corrected chi connectivity index (χ3v) is 5.60. The summed E-state index contributed by atoms with van der Waals surface area (Å²) in [5, 5.41) is 0. The average molecular weight is 388 g/mol. The Kier molecular flexibility index (Phi) is 8.30. The Labute approximate surface area is 158 Å². The predicted molar refractivity (Wildman–Crippen MR) is 99.4 cm³/mol. The molecule has 0 amide bonds. The fraction of sp³-hybridized carbons (Fsp3) is 0.636. The van der Waals surface area contributed by atoms with E-state index < -0.39 is 23.4 Å². The molecule has 5 heteroatoms. The monoisotopic (exact) mass is 388 g/mol. The lowest BCUT2D eigenvalue weighted by molar-refractivity contribution is -0.0790. The van der Waals surface area contributed by atoms with Crippen molar-refractivity contribution >= 4 is 6.08 Å². The maximum Gasteiger partial charge on any atom is 0.409 e. The van der Waals surface area contributed by atoms with Crippen LogP contribution in [-0.4, -0.2) is 6.18 Å². The molecule has 0 unspecified atom stereocenters. The van der Waals surface area contributed by atoms with Gasteiger partial charge in [0.1, 0.15) is 11.6 Å². The van der Waals surface area contributed by atoms with Crippen molar-refractivity contribution in [3.63, 3.8) is 0 Å². The molecule has 1 aromatic carbocycles. The van der Waals surface area contributed by atoms with Crippen LogP contribution in [-0.2, 0) is 6.42 Å². The molecule has 0 aliphatic heterocycles. The van der Waals surface area contributed by atoms with E-state index in [4.69, 9.17) is 0 Å². The molecule has 2 rings (SSSR count). The highest BCUT2D eigenvalue weighted by Crippen LogP contribution is 2.34. The highest BCUT2D eigenvalue weighted by Gasteiger charge is 2.23. The van der Waals surface area contributed by atoms with Gasteiger partial charge in [-0.15, -0.1) is 0 Å². The summed E-state index contributed by atoms with van der Waals surface area (Å²) in [6.07, 6.45) is 7.09. The molecule has 0 nitrogen and oxygen atoms in total. The Morgan fingerprint density at radius 1 is 0.926 bits per heavy atom. The van der Waals surface area contributed by atoms with Gasteiger partial charge in [-0.2, -0.15) is 13.2 Å². The normalized spacial score (nSPS) is 21.1. The minimum Gasteiger partial charge on any atom is -0.206 e. The molecule has 0 spiro atoms. The van der Waals surface area contributed by atoms with Crippen LogP contribution in [0.3, 0.4) is 0 Å². The van der Waals surface area contributed by atoms with Crippen LogP contribution in [0.5, 0.6) is 0 Å². The number of alkyl halides is 3. The van der Waals surface area contributed by atoms with Crippen LogP contribution in [0.25, 0.3) is 6.08 Å². The third kappa shape index (κ3) is 7.63. The molecule has 0 heterocycles. The van der Waals surface area contributed by atoms with E-state index in [-0.39, 0.29) is 6.08 Å². The molecular formula is C22H29F5. The van der Waals surface area contributed by atoms with Crippen LogP contribution < -0.4 is 0 Å². The first-order chi connectivity index (χ1) is 12.8. The zero-order valence-corrected chi connectivity index (χ0v) is 15.9. The minimum atomic E-state index is -4.59. The van der Waals surface area contributed by atoms with Crippen LogP contribution in [0.4, 0.5) is 22.0 Å². The van der Waals surface area contributed by atoms with E-state index in [0.717, 1.165) is 37.3 Å². The van der Waals surface area contributed by atoms with E-state index in [1.165, 1.54) is 38.5 Å². The molecule has 1 aromatic rings. The first-order valence-corrected chi connectivity index (χ1v) is 10.0. The first kappa shape index (κ1) is 21.9. The molecule has 27 heavy (non-hydrogen) atoms. The van der Waals surface area contributed by atoms with E-state index >= 15 is 0 Å². The zero-order chi connectivity index (χ0) is 19.9. The Balaban J connectivity index is 1.84. The molecule has 1 saturated carbocycles. The molecule has 0 radical (unpaired) electrons. The lowest BCUT2D eigenvalue weighted by Crippen LogP contribution is -2.15. The van der Waals surface area contributed by atoms with Gasteiger partial charge < -0.3 is 0 Å². The maximum absolute atomic E-state index is 14.0. The van der Waals surface area contributed by atoms with Gasteiger partial charge in [-0.1, -0.05) is 58.3 Å². The summed E-state index contributed by atoms with van der Waals surface area (Å²) >= 11 is 0. The highest BCUT2D eigenvalue weighted by molar-refractivity contribution is 5.52. The smallest absolute Gasteiger partial charge is 0.206 e. The Morgan fingerprint density at radius 3 is 2.00 bits per heavy atom. The first-order valence-electron chi connectivity index (χ1n) is 10.0.